The van der Waals surface area contributed by atoms with Gasteiger partial charge in [0, 0.05) is 22.3 Å². The highest BCUT2D eigenvalue weighted by Gasteiger charge is 2.01. The summed E-state index contributed by atoms with van der Waals surface area (Å²) in [6.45, 7) is 4.19. The molecule has 3 aromatic rings. The van der Waals surface area contributed by atoms with Crippen LogP contribution in [0.4, 0.5) is 4.39 Å². The number of hydrogen-bond donors (Lipinski definition) is 0. The summed E-state index contributed by atoms with van der Waals surface area (Å²) in [5.74, 6) is 12.3. The van der Waals surface area contributed by atoms with Gasteiger partial charge >= 0.3 is 0 Å². The van der Waals surface area contributed by atoms with Crippen molar-refractivity contribution in [3.63, 3.8) is 0 Å². The topological polar surface area (TPSA) is 0 Å². The van der Waals surface area contributed by atoms with Gasteiger partial charge in [-0.3, -0.25) is 0 Å². The fourth-order valence-electron chi connectivity index (χ4n) is 2.85. The van der Waals surface area contributed by atoms with Crippen LogP contribution in [0.1, 0.15) is 53.6 Å². The van der Waals surface area contributed by atoms with Crippen molar-refractivity contribution in [2.45, 2.75) is 33.1 Å². The van der Waals surface area contributed by atoms with Crippen molar-refractivity contribution in [2.75, 3.05) is 0 Å². The van der Waals surface area contributed by atoms with Crippen LogP contribution in [0.3, 0.4) is 0 Å². The van der Waals surface area contributed by atoms with Crippen LogP contribution < -0.4 is 0 Å². The van der Waals surface area contributed by atoms with E-state index in [2.05, 4.69) is 54.9 Å². The van der Waals surface area contributed by atoms with Gasteiger partial charge in [0.15, 0.2) is 0 Å². The van der Waals surface area contributed by atoms with Gasteiger partial charge in [-0.15, -0.1) is 0 Å². The molecule has 3 aromatic carbocycles. The lowest BCUT2D eigenvalue weighted by molar-refractivity contribution is 0.607. The first-order valence-corrected chi connectivity index (χ1v) is 9.69. The summed E-state index contributed by atoms with van der Waals surface area (Å²) in [5, 5.41) is 0. The highest BCUT2D eigenvalue weighted by atomic mass is 19.1. The van der Waals surface area contributed by atoms with Gasteiger partial charge in [-0.2, -0.15) is 0 Å². The lowest BCUT2D eigenvalue weighted by Gasteiger charge is -2.01. The van der Waals surface area contributed by atoms with Crippen molar-refractivity contribution < 1.29 is 4.39 Å². The van der Waals surface area contributed by atoms with Crippen LogP contribution in [0.2, 0.25) is 0 Å². The number of rotatable bonds is 3. The Hall–Kier alpha value is -3.29. The molecule has 0 heterocycles. The highest BCUT2D eigenvalue weighted by molar-refractivity contribution is 5.48. The van der Waals surface area contributed by atoms with Gasteiger partial charge in [0.2, 0.25) is 0 Å². The lowest BCUT2D eigenvalue weighted by atomic mass is 10.1. The van der Waals surface area contributed by atoms with Gasteiger partial charge in [-0.25, -0.2) is 4.39 Å². The van der Waals surface area contributed by atoms with Gasteiger partial charge in [0.1, 0.15) is 5.82 Å². The summed E-state index contributed by atoms with van der Waals surface area (Å²) in [6.07, 6.45) is 2.72. The molecule has 0 bridgehead atoms. The summed E-state index contributed by atoms with van der Waals surface area (Å²) in [5.41, 5.74) is 5.59. The Balaban J connectivity index is 1.69. The van der Waals surface area contributed by atoms with Crippen LogP contribution in [-0.2, 0) is 12.8 Å². The van der Waals surface area contributed by atoms with Gasteiger partial charge in [-0.05, 0) is 72.5 Å². The summed E-state index contributed by atoms with van der Waals surface area (Å²) < 4.78 is 14.0. The first kappa shape index (κ1) is 19.5. The van der Waals surface area contributed by atoms with Crippen LogP contribution in [0.15, 0.2) is 66.7 Å². The first-order valence-electron chi connectivity index (χ1n) is 9.69. The molecule has 0 aliphatic carbocycles. The van der Waals surface area contributed by atoms with Gasteiger partial charge < -0.3 is 0 Å². The van der Waals surface area contributed by atoms with E-state index in [1.165, 1.54) is 11.6 Å². The third kappa shape index (κ3) is 5.35. The number of benzene rings is 3. The van der Waals surface area contributed by atoms with Crippen LogP contribution in [0.25, 0.3) is 0 Å². The molecule has 0 aliphatic heterocycles. The smallest absolute Gasteiger partial charge is 0.127 e. The van der Waals surface area contributed by atoms with E-state index in [1.54, 1.807) is 0 Å². The minimum atomic E-state index is -0.175. The van der Waals surface area contributed by atoms with E-state index in [1.807, 2.05) is 43.3 Å². The predicted molar refractivity (Wildman–Crippen MR) is 115 cm³/mol. The standard InChI is InChI=1S/C27H23F/c1-3-5-26-19-18-25(20-27(26)28)17-16-24-14-12-23(13-15-24)11-10-22-8-6-21(4-2)7-9-22/h6-9,12-15,18-20H,3-5H2,1-2H3. The second kappa shape index (κ2) is 9.59. The zero-order valence-corrected chi connectivity index (χ0v) is 16.4. The number of aryl methyl sites for hydroxylation is 2. The maximum Gasteiger partial charge on any atom is 0.127 e. The molecule has 0 amide bonds. The average Bonchev–Trinajstić information content (AvgIpc) is 2.74. The summed E-state index contributed by atoms with van der Waals surface area (Å²) >= 11 is 0. The van der Waals surface area contributed by atoms with E-state index in [0.29, 0.717) is 5.56 Å². The summed E-state index contributed by atoms with van der Waals surface area (Å²) in [7, 11) is 0. The quantitative estimate of drug-likeness (QED) is 0.488. The van der Waals surface area contributed by atoms with E-state index in [0.717, 1.165) is 41.5 Å². The van der Waals surface area contributed by atoms with Crippen molar-refractivity contribution in [2.24, 2.45) is 0 Å². The Bertz CT molecular complexity index is 1050. The second-order valence-corrected chi connectivity index (χ2v) is 6.68. The summed E-state index contributed by atoms with van der Waals surface area (Å²) in [6, 6.07) is 21.4. The largest absolute Gasteiger partial charge is 0.207 e. The van der Waals surface area contributed by atoms with E-state index in [9.17, 15) is 4.39 Å². The molecule has 1 heteroatoms. The molecule has 0 radical (unpaired) electrons. The third-order valence-electron chi connectivity index (χ3n) is 4.52. The van der Waals surface area contributed by atoms with Gasteiger partial charge in [0.05, 0.1) is 0 Å². The molecule has 3 rings (SSSR count). The van der Waals surface area contributed by atoms with Gasteiger partial charge in [-0.1, -0.05) is 62.1 Å². The molecule has 0 unspecified atom stereocenters. The Labute approximate surface area is 167 Å². The van der Waals surface area contributed by atoms with E-state index >= 15 is 0 Å². The van der Waals surface area contributed by atoms with Crippen molar-refractivity contribution in [1.29, 1.82) is 0 Å². The molecule has 0 atom stereocenters. The number of halogens is 1. The van der Waals surface area contributed by atoms with E-state index in [4.69, 9.17) is 0 Å². The van der Waals surface area contributed by atoms with Crippen LogP contribution in [0, 0.1) is 29.5 Å². The highest BCUT2D eigenvalue weighted by Crippen LogP contribution is 2.12. The van der Waals surface area contributed by atoms with Crippen molar-refractivity contribution >= 4 is 0 Å². The Morgan fingerprint density at radius 2 is 1.11 bits per heavy atom. The maximum absolute atomic E-state index is 14.0. The SMILES string of the molecule is CCCc1ccc(C#Cc2ccc(C#Cc3ccc(CC)cc3)cc2)cc1F. The fraction of sp³-hybridized carbons (Fsp3) is 0.185. The maximum atomic E-state index is 14.0. The Morgan fingerprint density at radius 3 is 1.57 bits per heavy atom. The molecule has 0 saturated carbocycles. The molecule has 0 spiro atoms. The molecular weight excluding hydrogens is 343 g/mol. The monoisotopic (exact) mass is 366 g/mol. The first-order chi connectivity index (χ1) is 13.7. The minimum Gasteiger partial charge on any atom is -0.207 e. The zero-order valence-electron chi connectivity index (χ0n) is 16.4. The van der Waals surface area contributed by atoms with Crippen molar-refractivity contribution in [3.05, 3.63) is 106 Å². The van der Waals surface area contributed by atoms with Crippen molar-refractivity contribution in [1.82, 2.24) is 0 Å². The fourth-order valence-corrected chi connectivity index (χ4v) is 2.85. The molecular formula is C27H23F. The van der Waals surface area contributed by atoms with Crippen molar-refractivity contribution in [3.8, 4) is 23.7 Å². The molecule has 0 aliphatic rings. The third-order valence-corrected chi connectivity index (χ3v) is 4.52. The molecule has 0 fully saturated rings. The van der Waals surface area contributed by atoms with Crippen LogP contribution >= 0.6 is 0 Å². The Morgan fingerprint density at radius 1 is 0.643 bits per heavy atom. The minimum absolute atomic E-state index is 0.175. The van der Waals surface area contributed by atoms with E-state index in [-0.39, 0.29) is 5.82 Å². The Kier molecular flexibility index (Phi) is 6.67. The van der Waals surface area contributed by atoms with Gasteiger partial charge in [0.25, 0.3) is 0 Å². The molecule has 28 heavy (non-hydrogen) atoms. The molecule has 0 N–H and O–H groups in total. The summed E-state index contributed by atoms with van der Waals surface area (Å²) in [4.78, 5) is 0. The normalized spacial score (nSPS) is 9.82. The molecule has 0 nitrogen and oxygen atoms in total. The molecule has 0 saturated heterocycles. The molecule has 0 aromatic heterocycles. The average molecular weight is 366 g/mol. The predicted octanol–water partition coefficient (Wildman–Crippen LogP) is 6.14. The number of hydrogen-bond acceptors (Lipinski definition) is 0. The zero-order chi connectivity index (χ0) is 19.8. The van der Waals surface area contributed by atoms with Crippen LogP contribution in [0.5, 0.6) is 0 Å². The molecule has 138 valence electrons. The lowest BCUT2D eigenvalue weighted by Crippen LogP contribution is -1.90. The van der Waals surface area contributed by atoms with Crippen LogP contribution in [-0.4, -0.2) is 0 Å². The second-order valence-electron chi connectivity index (χ2n) is 6.68. The van der Waals surface area contributed by atoms with E-state index < -0.39 is 0 Å².